The molecule has 0 radical (unpaired) electrons. The first-order valence-corrected chi connectivity index (χ1v) is 7.00. The minimum Gasteiger partial charge on any atom is -0.399 e. The van der Waals surface area contributed by atoms with Crippen molar-refractivity contribution in [2.75, 3.05) is 5.73 Å². The van der Waals surface area contributed by atoms with Gasteiger partial charge in [-0.2, -0.15) is 0 Å². The summed E-state index contributed by atoms with van der Waals surface area (Å²) in [4.78, 5) is 11.1. The van der Waals surface area contributed by atoms with Crippen LogP contribution in [0.25, 0.3) is 11.1 Å². The van der Waals surface area contributed by atoms with Gasteiger partial charge < -0.3 is 5.73 Å². The summed E-state index contributed by atoms with van der Waals surface area (Å²) in [5.74, 6) is 0. The smallest absolute Gasteiger partial charge is 0.252 e. The molecule has 92 valence electrons. The largest absolute Gasteiger partial charge is 0.399 e. The van der Waals surface area contributed by atoms with E-state index in [2.05, 4.69) is 31.9 Å². The first kappa shape index (κ1) is 13.6. The van der Waals surface area contributed by atoms with Crippen molar-refractivity contribution in [2.45, 2.75) is 0 Å². The molecule has 0 unspecified atom stereocenters. The lowest BCUT2D eigenvalue weighted by Crippen LogP contribution is -1.91. The highest BCUT2D eigenvalue weighted by molar-refractivity contribution is 9.11. The van der Waals surface area contributed by atoms with Crippen molar-refractivity contribution in [3.05, 3.63) is 50.9 Å². The number of carbonyl (C=O) groups is 1. The number of nitrogen functional groups attached to an aromatic ring is 1. The van der Waals surface area contributed by atoms with Crippen LogP contribution < -0.4 is 5.73 Å². The molecule has 2 nitrogen and oxygen atoms in total. The normalized spacial score (nSPS) is 10.4. The molecule has 2 N–H and O–H groups in total. The van der Waals surface area contributed by atoms with Crippen LogP contribution in [0.4, 0.5) is 5.69 Å². The maximum atomic E-state index is 11.1. The molecule has 0 saturated carbocycles. The molecule has 2 aromatic rings. The molecular formula is C13H8Br2ClNO. The Kier molecular flexibility index (Phi) is 4.10. The summed E-state index contributed by atoms with van der Waals surface area (Å²) >= 11 is 12.4. The van der Waals surface area contributed by atoms with E-state index in [0.29, 0.717) is 11.3 Å². The lowest BCUT2D eigenvalue weighted by molar-refractivity contribution is 0.108. The van der Waals surface area contributed by atoms with Crippen molar-refractivity contribution in [2.24, 2.45) is 0 Å². The fraction of sp³-hybridized carbons (Fsp3) is 0. The van der Waals surface area contributed by atoms with E-state index >= 15 is 0 Å². The average molecular weight is 389 g/mol. The van der Waals surface area contributed by atoms with E-state index in [-0.39, 0.29) is 0 Å². The van der Waals surface area contributed by atoms with Crippen LogP contribution in [0.3, 0.4) is 0 Å². The molecule has 0 bridgehead atoms. The Morgan fingerprint density at radius 1 is 1.00 bits per heavy atom. The molecular weight excluding hydrogens is 381 g/mol. The van der Waals surface area contributed by atoms with Crippen molar-refractivity contribution in [3.63, 3.8) is 0 Å². The van der Waals surface area contributed by atoms with Gasteiger partial charge in [-0.1, -0.05) is 44.0 Å². The van der Waals surface area contributed by atoms with Gasteiger partial charge in [0, 0.05) is 20.2 Å². The van der Waals surface area contributed by atoms with E-state index in [1.54, 1.807) is 12.1 Å². The summed E-state index contributed by atoms with van der Waals surface area (Å²) in [6.45, 7) is 0. The molecule has 0 spiro atoms. The predicted molar refractivity (Wildman–Crippen MR) is 81.9 cm³/mol. The number of nitrogens with two attached hydrogens (primary N) is 1. The molecule has 2 rings (SSSR count). The highest BCUT2D eigenvalue weighted by Crippen LogP contribution is 2.35. The maximum Gasteiger partial charge on any atom is 0.252 e. The van der Waals surface area contributed by atoms with Crippen LogP contribution in [0.1, 0.15) is 10.4 Å². The number of hydrogen-bond donors (Lipinski definition) is 1. The van der Waals surface area contributed by atoms with Gasteiger partial charge in [-0.3, -0.25) is 4.79 Å². The summed E-state index contributed by atoms with van der Waals surface area (Å²) in [5, 5.41) is -0.473. The number of rotatable bonds is 2. The Morgan fingerprint density at radius 3 is 2.06 bits per heavy atom. The number of benzene rings is 2. The van der Waals surface area contributed by atoms with Crippen molar-refractivity contribution in [3.8, 4) is 11.1 Å². The monoisotopic (exact) mass is 387 g/mol. The van der Waals surface area contributed by atoms with Gasteiger partial charge in [0.1, 0.15) is 0 Å². The SMILES string of the molecule is Nc1ccc(-c2ccc(C(=O)Cl)cc2Br)c(Br)c1. The lowest BCUT2D eigenvalue weighted by atomic mass is 10.0. The summed E-state index contributed by atoms with van der Waals surface area (Å²) < 4.78 is 1.70. The molecule has 5 heteroatoms. The van der Waals surface area contributed by atoms with Gasteiger partial charge in [-0.25, -0.2) is 0 Å². The molecule has 18 heavy (non-hydrogen) atoms. The van der Waals surface area contributed by atoms with E-state index in [4.69, 9.17) is 17.3 Å². The van der Waals surface area contributed by atoms with Crippen molar-refractivity contribution >= 4 is 54.4 Å². The molecule has 0 aliphatic rings. The summed E-state index contributed by atoms with van der Waals surface area (Å²) in [7, 11) is 0. The molecule has 0 atom stereocenters. The van der Waals surface area contributed by atoms with Crippen molar-refractivity contribution in [1.82, 2.24) is 0 Å². The Bertz CT molecular complexity index is 628. The fourth-order valence-electron chi connectivity index (χ4n) is 1.61. The molecule has 0 saturated heterocycles. The second-order valence-electron chi connectivity index (χ2n) is 3.71. The van der Waals surface area contributed by atoms with E-state index in [0.717, 1.165) is 20.1 Å². The molecule has 2 aromatic carbocycles. The van der Waals surface area contributed by atoms with Crippen LogP contribution >= 0.6 is 43.5 Å². The molecule has 0 aliphatic carbocycles. The number of halogens is 3. The average Bonchev–Trinajstić information content (AvgIpc) is 2.30. The first-order valence-electron chi connectivity index (χ1n) is 5.04. The van der Waals surface area contributed by atoms with Gasteiger partial charge in [0.25, 0.3) is 5.24 Å². The van der Waals surface area contributed by atoms with E-state index in [9.17, 15) is 4.79 Å². The van der Waals surface area contributed by atoms with Gasteiger partial charge in [-0.15, -0.1) is 0 Å². The third kappa shape index (κ3) is 2.76. The zero-order valence-electron chi connectivity index (χ0n) is 9.08. The van der Waals surface area contributed by atoms with Crippen LogP contribution in [-0.2, 0) is 0 Å². The first-order chi connectivity index (χ1) is 8.49. The minimum absolute atomic E-state index is 0.457. The standard InChI is InChI=1S/C13H8Br2ClNO/c14-11-5-7(13(16)18)1-3-9(11)10-4-2-8(17)6-12(10)15/h1-6H,17H2. The quantitative estimate of drug-likeness (QED) is 0.590. The number of anilines is 1. The van der Waals surface area contributed by atoms with Crippen LogP contribution in [0, 0.1) is 0 Å². The summed E-state index contributed by atoms with van der Waals surface area (Å²) in [6, 6.07) is 10.8. The third-order valence-corrected chi connectivity index (χ3v) is 4.01. The van der Waals surface area contributed by atoms with Crippen molar-refractivity contribution in [1.29, 1.82) is 0 Å². The molecule has 0 heterocycles. The highest BCUT2D eigenvalue weighted by atomic mass is 79.9. The van der Waals surface area contributed by atoms with Gasteiger partial charge in [0.05, 0.1) is 0 Å². The number of carbonyl (C=O) groups excluding carboxylic acids is 1. The second-order valence-corrected chi connectivity index (χ2v) is 5.76. The second kappa shape index (κ2) is 5.43. The zero-order chi connectivity index (χ0) is 13.3. The van der Waals surface area contributed by atoms with Crippen LogP contribution in [0.2, 0.25) is 0 Å². The van der Waals surface area contributed by atoms with Gasteiger partial charge >= 0.3 is 0 Å². The van der Waals surface area contributed by atoms with Crippen LogP contribution in [0.5, 0.6) is 0 Å². The topological polar surface area (TPSA) is 43.1 Å². The van der Waals surface area contributed by atoms with E-state index in [1.165, 1.54) is 0 Å². The van der Waals surface area contributed by atoms with E-state index < -0.39 is 5.24 Å². The predicted octanol–water partition coefficient (Wildman–Crippen LogP) is 4.84. The molecule has 0 aliphatic heterocycles. The molecule has 0 fully saturated rings. The Hall–Kier alpha value is -0.840. The highest BCUT2D eigenvalue weighted by Gasteiger charge is 2.10. The van der Waals surface area contributed by atoms with Crippen LogP contribution in [-0.4, -0.2) is 5.24 Å². The van der Waals surface area contributed by atoms with Gasteiger partial charge in [0.2, 0.25) is 0 Å². The van der Waals surface area contributed by atoms with Gasteiger partial charge in [-0.05, 0) is 47.0 Å². The minimum atomic E-state index is -0.473. The Balaban J connectivity index is 2.54. The van der Waals surface area contributed by atoms with Gasteiger partial charge in [0.15, 0.2) is 0 Å². The van der Waals surface area contributed by atoms with Crippen molar-refractivity contribution < 1.29 is 4.79 Å². The lowest BCUT2D eigenvalue weighted by Gasteiger charge is -2.09. The molecule has 0 amide bonds. The van der Waals surface area contributed by atoms with E-state index in [1.807, 2.05) is 24.3 Å². The summed E-state index contributed by atoms with van der Waals surface area (Å²) in [5.41, 5.74) is 8.80. The zero-order valence-corrected chi connectivity index (χ0v) is 13.0. The maximum absolute atomic E-state index is 11.1. The Morgan fingerprint density at radius 2 is 1.56 bits per heavy atom. The summed E-state index contributed by atoms with van der Waals surface area (Å²) in [6.07, 6.45) is 0. The molecule has 0 aromatic heterocycles. The third-order valence-electron chi connectivity index (χ3n) is 2.48. The fourth-order valence-corrected chi connectivity index (χ4v) is 2.93. The number of hydrogen-bond acceptors (Lipinski definition) is 2. The van der Waals surface area contributed by atoms with Crippen LogP contribution in [0.15, 0.2) is 45.3 Å². The Labute approximate surface area is 126 Å².